The van der Waals surface area contributed by atoms with Crippen LogP contribution in [-0.4, -0.2) is 33.8 Å². The number of likely N-dealkylation sites (tertiary alicyclic amines) is 1. The van der Waals surface area contributed by atoms with Crippen LogP contribution in [0.15, 0.2) is 66.5 Å². The van der Waals surface area contributed by atoms with Crippen LogP contribution in [0.3, 0.4) is 0 Å². The molecule has 6 heteroatoms. The summed E-state index contributed by atoms with van der Waals surface area (Å²) in [5.41, 5.74) is 4.95. The molecule has 6 nitrogen and oxygen atoms in total. The number of hydrogen-bond donors (Lipinski definition) is 1. The fraction of sp³-hybridized carbons (Fsp3) is 0.276. The van der Waals surface area contributed by atoms with E-state index in [2.05, 4.69) is 18.8 Å². The van der Waals surface area contributed by atoms with Crippen molar-refractivity contribution in [2.75, 3.05) is 7.11 Å². The largest absolute Gasteiger partial charge is 0.507 e. The zero-order valence-corrected chi connectivity index (χ0v) is 20.7. The van der Waals surface area contributed by atoms with E-state index in [0.717, 1.165) is 27.8 Å². The van der Waals surface area contributed by atoms with E-state index in [-0.39, 0.29) is 17.9 Å². The molecule has 1 fully saturated rings. The number of aryl methyl sites for hydroxylation is 2. The Labute approximate surface area is 205 Å². The minimum absolute atomic E-state index is 0.0599. The van der Waals surface area contributed by atoms with E-state index in [9.17, 15) is 14.7 Å². The second kappa shape index (κ2) is 9.74. The second-order valence-corrected chi connectivity index (χ2v) is 9.27. The number of Topliss-reactive ketones (excluding diaryl/α,β-unsaturated/α-hetero) is 1. The zero-order valence-electron chi connectivity index (χ0n) is 20.7. The van der Waals surface area contributed by atoms with Gasteiger partial charge in [-0.2, -0.15) is 0 Å². The lowest BCUT2D eigenvalue weighted by Gasteiger charge is -2.26. The molecule has 1 N–H and O–H groups in total. The topological polar surface area (TPSA) is 79.7 Å². The number of carbonyl (C=O) groups excluding carboxylic acids is 2. The quantitative estimate of drug-likeness (QED) is 0.294. The van der Waals surface area contributed by atoms with Gasteiger partial charge >= 0.3 is 0 Å². The molecule has 1 unspecified atom stereocenters. The number of carbonyl (C=O) groups is 2. The van der Waals surface area contributed by atoms with Gasteiger partial charge < -0.3 is 14.7 Å². The number of rotatable bonds is 6. The molecule has 1 aliphatic heterocycles. The summed E-state index contributed by atoms with van der Waals surface area (Å²) in [6.07, 6.45) is 3.30. The molecular weight excluding hydrogens is 440 g/mol. The summed E-state index contributed by atoms with van der Waals surface area (Å²) in [5.74, 6) is -0.781. The third-order valence-corrected chi connectivity index (χ3v) is 6.44. The number of nitrogens with zero attached hydrogens (tertiary/aromatic N) is 2. The normalized spacial score (nSPS) is 17.3. The molecule has 2 heterocycles. The van der Waals surface area contributed by atoms with E-state index in [1.807, 2.05) is 56.3 Å². The van der Waals surface area contributed by atoms with Crippen molar-refractivity contribution in [1.82, 2.24) is 9.88 Å². The van der Waals surface area contributed by atoms with Crippen LogP contribution in [0.1, 0.15) is 59.2 Å². The first kappa shape index (κ1) is 24.2. The number of amides is 1. The van der Waals surface area contributed by atoms with Gasteiger partial charge in [0, 0.05) is 18.9 Å². The molecule has 0 spiro atoms. The first-order valence-electron chi connectivity index (χ1n) is 11.7. The van der Waals surface area contributed by atoms with E-state index < -0.39 is 17.7 Å². The molecular formula is C29H30N2O4. The number of benzene rings is 2. The molecule has 1 amide bonds. The molecule has 1 aliphatic rings. The van der Waals surface area contributed by atoms with Gasteiger partial charge in [-0.05, 0) is 65.8 Å². The van der Waals surface area contributed by atoms with Gasteiger partial charge in [0.2, 0.25) is 0 Å². The summed E-state index contributed by atoms with van der Waals surface area (Å²) in [5, 5.41) is 11.5. The molecule has 4 rings (SSSR count). The average molecular weight is 471 g/mol. The number of pyridine rings is 1. The molecule has 1 saturated heterocycles. The van der Waals surface area contributed by atoms with Crippen LogP contribution in [-0.2, 0) is 16.1 Å². The van der Waals surface area contributed by atoms with Crippen LogP contribution in [0.2, 0.25) is 0 Å². The zero-order chi connectivity index (χ0) is 25.3. The molecule has 2 aromatic carbocycles. The molecule has 0 aliphatic carbocycles. The van der Waals surface area contributed by atoms with Crippen molar-refractivity contribution in [2.45, 2.75) is 46.2 Å². The van der Waals surface area contributed by atoms with Gasteiger partial charge in [0.05, 0.1) is 24.3 Å². The lowest BCUT2D eigenvalue weighted by atomic mass is 9.92. The number of aliphatic hydroxyl groups is 1. The number of aliphatic hydroxyl groups excluding tert-OH is 1. The lowest BCUT2D eigenvalue weighted by Crippen LogP contribution is -2.29. The summed E-state index contributed by atoms with van der Waals surface area (Å²) >= 11 is 0. The van der Waals surface area contributed by atoms with Crippen molar-refractivity contribution in [3.8, 4) is 5.75 Å². The van der Waals surface area contributed by atoms with Crippen molar-refractivity contribution in [3.63, 3.8) is 0 Å². The minimum atomic E-state index is -0.741. The lowest BCUT2D eigenvalue weighted by molar-refractivity contribution is -0.140. The Morgan fingerprint density at radius 2 is 1.71 bits per heavy atom. The maximum absolute atomic E-state index is 13.4. The first-order valence-corrected chi connectivity index (χ1v) is 11.7. The predicted octanol–water partition coefficient (Wildman–Crippen LogP) is 5.45. The van der Waals surface area contributed by atoms with Crippen molar-refractivity contribution in [3.05, 3.63) is 99.9 Å². The molecule has 180 valence electrons. The highest BCUT2D eigenvalue weighted by molar-refractivity contribution is 6.46. The van der Waals surface area contributed by atoms with Crippen LogP contribution in [0.4, 0.5) is 0 Å². The summed E-state index contributed by atoms with van der Waals surface area (Å²) in [6, 6.07) is 14.5. The Morgan fingerprint density at radius 1 is 1.06 bits per heavy atom. The van der Waals surface area contributed by atoms with Gasteiger partial charge in [0.15, 0.2) is 0 Å². The van der Waals surface area contributed by atoms with E-state index in [1.54, 1.807) is 18.5 Å². The third-order valence-electron chi connectivity index (χ3n) is 6.44. The number of aromatic nitrogens is 1. The summed E-state index contributed by atoms with van der Waals surface area (Å²) < 4.78 is 5.57. The van der Waals surface area contributed by atoms with Gasteiger partial charge in [-0.3, -0.25) is 14.6 Å². The number of hydrogen-bond acceptors (Lipinski definition) is 5. The fourth-order valence-corrected chi connectivity index (χ4v) is 4.68. The number of ketones is 1. The van der Waals surface area contributed by atoms with Crippen LogP contribution in [0, 0.1) is 13.8 Å². The van der Waals surface area contributed by atoms with Crippen molar-refractivity contribution in [2.24, 2.45) is 0 Å². The molecule has 0 bridgehead atoms. The number of ether oxygens (including phenoxy) is 1. The minimum Gasteiger partial charge on any atom is -0.507 e. The summed E-state index contributed by atoms with van der Waals surface area (Å²) in [4.78, 5) is 32.2. The smallest absolute Gasteiger partial charge is 0.295 e. The van der Waals surface area contributed by atoms with Crippen LogP contribution < -0.4 is 4.74 Å². The van der Waals surface area contributed by atoms with E-state index in [1.165, 1.54) is 12.0 Å². The monoisotopic (exact) mass is 470 g/mol. The van der Waals surface area contributed by atoms with Crippen molar-refractivity contribution >= 4 is 17.4 Å². The Hall–Kier alpha value is -3.93. The highest BCUT2D eigenvalue weighted by Gasteiger charge is 2.46. The standard InChI is InChI=1S/C29H30N2O4/c1-17(2)21-6-8-22(9-7-21)25-24(26(32)23-15-18(3)14-19(4)28(23)35-5)27(33)29(34)31(25)16-20-10-12-30-13-11-20/h6-15,17,25,32H,16H2,1-5H3/b26-24+. The van der Waals surface area contributed by atoms with Crippen molar-refractivity contribution in [1.29, 1.82) is 0 Å². The van der Waals surface area contributed by atoms with Gasteiger partial charge in [0.1, 0.15) is 11.5 Å². The molecule has 0 radical (unpaired) electrons. The SMILES string of the molecule is COc1c(C)cc(C)cc1/C(O)=C1\C(=O)C(=O)N(Cc2ccncc2)C1c1ccc(C(C)C)cc1. The molecule has 1 aromatic heterocycles. The van der Waals surface area contributed by atoms with E-state index >= 15 is 0 Å². The maximum Gasteiger partial charge on any atom is 0.295 e. The predicted molar refractivity (Wildman–Crippen MR) is 135 cm³/mol. The summed E-state index contributed by atoms with van der Waals surface area (Å²) in [6.45, 7) is 8.22. The van der Waals surface area contributed by atoms with E-state index in [0.29, 0.717) is 17.2 Å². The van der Waals surface area contributed by atoms with Gasteiger partial charge in [-0.15, -0.1) is 0 Å². The van der Waals surface area contributed by atoms with Gasteiger partial charge in [-0.1, -0.05) is 44.2 Å². The Morgan fingerprint density at radius 3 is 2.31 bits per heavy atom. The Balaban J connectivity index is 1.92. The van der Waals surface area contributed by atoms with Crippen LogP contribution in [0.5, 0.6) is 5.75 Å². The molecule has 35 heavy (non-hydrogen) atoms. The second-order valence-electron chi connectivity index (χ2n) is 9.27. The first-order chi connectivity index (χ1) is 16.7. The number of methoxy groups -OCH3 is 1. The summed E-state index contributed by atoms with van der Waals surface area (Å²) in [7, 11) is 1.53. The highest BCUT2D eigenvalue weighted by atomic mass is 16.5. The maximum atomic E-state index is 13.4. The third kappa shape index (κ3) is 4.56. The Kier molecular flexibility index (Phi) is 6.74. The molecule has 1 atom stereocenters. The van der Waals surface area contributed by atoms with Gasteiger partial charge in [-0.25, -0.2) is 0 Å². The van der Waals surface area contributed by atoms with Crippen molar-refractivity contribution < 1.29 is 19.4 Å². The average Bonchev–Trinajstić information content (AvgIpc) is 3.08. The fourth-order valence-electron chi connectivity index (χ4n) is 4.68. The van der Waals surface area contributed by atoms with Crippen LogP contribution in [0.25, 0.3) is 5.76 Å². The van der Waals surface area contributed by atoms with Crippen LogP contribution >= 0.6 is 0 Å². The molecule has 3 aromatic rings. The van der Waals surface area contributed by atoms with E-state index in [4.69, 9.17) is 4.74 Å². The Bertz CT molecular complexity index is 1290. The highest BCUT2D eigenvalue weighted by Crippen LogP contribution is 2.42. The molecule has 0 saturated carbocycles. The van der Waals surface area contributed by atoms with Gasteiger partial charge in [0.25, 0.3) is 11.7 Å².